The number of furan rings is 1. The van der Waals surface area contributed by atoms with Crippen LogP contribution < -0.4 is 5.73 Å². The molecule has 3 N–H and O–H groups in total. The third kappa shape index (κ3) is 4.06. The van der Waals surface area contributed by atoms with Gasteiger partial charge < -0.3 is 20.0 Å². The molecule has 0 aromatic carbocycles. The Bertz CT molecular complexity index is 616. The molecule has 2 aliphatic heterocycles. The van der Waals surface area contributed by atoms with Crippen molar-refractivity contribution in [2.75, 3.05) is 39.4 Å². The number of nitrogens with two attached hydrogens (primary N) is 1. The third-order valence-corrected chi connectivity index (χ3v) is 4.98. The number of rotatable bonds is 4. The molecule has 0 radical (unpaired) electrons. The van der Waals surface area contributed by atoms with Gasteiger partial charge >= 0.3 is 0 Å². The second kappa shape index (κ2) is 7.07. The van der Waals surface area contributed by atoms with E-state index in [1.54, 1.807) is 6.07 Å². The summed E-state index contributed by atoms with van der Waals surface area (Å²) in [5.74, 6) is 0.430. The van der Waals surface area contributed by atoms with Crippen LogP contribution in [0.5, 0.6) is 0 Å². The van der Waals surface area contributed by atoms with Gasteiger partial charge in [-0.1, -0.05) is 20.8 Å². The minimum absolute atomic E-state index is 0.129. The Balaban J connectivity index is 1.73. The van der Waals surface area contributed by atoms with Crippen molar-refractivity contribution in [1.82, 2.24) is 9.80 Å². The summed E-state index contributed by atoms with van der Waals surface area (Å²) < 4.78 is 11.1. The number of ether oxygens (including phenoxy) is 1. The summed E-state index contributed by atoms with van der Waals surface area (Å²) in [7, 11) is 0. The number of morpholine rings is 1. The van der Waals surface area contributed by atoms with Crippen molar-refractivity contribution >= 4 is 5.91 Å². The molecular weight excluding hydrogens is 322 g/mol. The van der Waals surface area contributed by atoms with Gasteiger partial charge in [-0.3, -0.25) is 14.6 Å². The zero-order chi connectivity index (χ0) is 18.2. The van der Waals surface area contributed by atoms with Gasteiger partial charge in [0, 0.05) is 49.7 Å². The molecule has 0 saturated carbocycles. The molecule has 7 nitrogen and oxygen atoms in total. The number of nitrogens with zero attached hydrogens (tertiary/aromatic N) is 2. The van der Waals surface area contributed by atoms with E-state index in [0.717, 1.165) is 44.2 Å². The van der Waals surface area contributed by atoms with Crippen LogP contribution in [0.3, 0.4) is 0 Å². The monoisotopic (exact) mass is 351 g/mol. The largest absolute Gasteiger partial charge is 0.455 e. The molecule has 2 atom stereocenters. The first-order valence-corrected chi connectivity index (χ1v) is 8.91. The fourth-order valence-electron chi connectivity index (χ4n) is 3.79. The average Bonchev–Trinajstić information content (AvgIpc) is 3.12. The van der Waals surface area contributed by atoms with Crippen LogP contribution in [0.15, 0.2) is 10.5 Å². The molecule has 2 saturated heterocycles. The number of aliphatic hydroxyl groups is 1. The normalized spacial score (nSPS) is 26.2. The van der Waals surface area contributed by atoms with Gasteiger partial charge in [-0.25, -0.2) is 0 Å². The van der Waals surface area contributed by atoms with Crippen LogP contribution in [0.2, 0.25) is 0 Å². The number of carbonyl (C=O) groups is 1. The number of hydrogen-bond donors (Lipinski definition) is 2. The maximum atomic E-state index is 11.5. The lowest BCUT2D eigenvalue weighted by molar-refractivity contribution is -0.00618. The molecule has 1 amide bonds. The van der Waals surface area contributed by atoms with Crippen LogP contribution in [-0.4, -0.2) is 72.4 Å². The van der Waals surface area contributed by atoms with Gasteiger partial charge in [-0.15, -0.1) is 0 Å². The van der Waals surface area contributed by atoms with E-state index in [0.29, 0.717) is 13.1 Å². The van der Waals surface area contributed by atoms with Crippen LogP contribution in [0.4, 0.5) is 0 Å². The van der Waals surface area contributed by atoms with Gasteiger partial charge in [0.2, 0.25) is 0 Å². The fourth-order valence-corrected chi connectivity index (χ4v) is 3.79. The zero-order valence-corrected chi connectivity index (χ0v) is 15.3. The van der Waals surface area contributed by atoms with E-state index < -0.39 is 5.91 Å². The Kier molecular flexibility index (Phi) is 5.20. The van der Waals surface area contributed by atoms with E-state index in [9.17, 15) is 9.90 Å². The van der Waals surface area contributed by atoms with Crippen LogP contribution in [0, 0.1) is 0 Å². The van der Waals surface area contributed by atoms with E-state index in [1.165, 1.54) is 0 Å². The minimum Gasteiger partial charge on any atom is -0.455 e. The van der Waals surface area contributed by atoms with E-state index >= 15 is 0 Å². The standard InChI is InChI=1S/C18H29N3O4/c1-18(2,3)16-12(8-15(25-16)17(19)23)9-20-10-13(14(22)11-20)21-4-6-24-7-5-21/h8,13-14,22H,4-7,9-11H2,1-3H3,(H2,19,23)/t13-,14-/m0/s1. The minimum atomic E-state index is -0.551. The number of primary amides is 1. The molecule has 2 aliphatic rings. The van der Waals surface area contributed by atoms with E-state index in [2.05, 4.69) is 30.6 Å². The Hall–Kier alpha value is -1.41. The second-order valence-corrected chi connectivity index (χ2v) is 8.06. The maximum absolute atomic E-state index is 11.5. The molecule has 0 unspecified atom stereocenters. The summed E-state index contributed by atoms with van der Waals surface area (Å²) in [6.07, 6.45) is -0.376. The highest BCUT2D eigenvalue weighted by Gasteiger charge is 2.37. The first-order valence-electron chi connectivity index (χ1n) is 8.91. The maximum Gasteiger partial charge on any atom is 0.284 e. The molecule has 140 valence electrons. The smallest absolute Gasteiger partial charge is 0.284 e. The third-order valence-electron chi connectivity index (χ3n) is 4.98. The molecular formula is C18H29N3O4. The van der Waals surface area contributed by atoms with Crippen molar-refractivity contribution in [2.45, 2.75) is 44.9 Å². The van der Waals surface area contributed by atoms with Crippen molar-refractivity contribution < 1.29 is 19.1 Å². The number of carbonyl (C=O) groups excluding carboxylic acids is 1. The summed E-state index contributed by atoms with van der Waals surface area (Å²) in [5, 5.41) is 10.5. The molecule has 2 fully saturated rings. The summed E-state index contributed by atoms with van der Waals surface area (Å²) in [6, 6.07) is 1.88. The van der Waals surface area contributed by atoms with Gasteiger partial charge in [0.1, 0.15) is 5.76 Å². The number of β-amino-alcohol motifs (C(OH)–C–C–N with tert-alkyl or cyclic N) is 1. The molecule has 3 heterocycles. The van der Waals surface area contributed by atoms with Crippen LogP contribution in [0.1, 0.15) is 42.6 Å². The lowest BCUT2D eigenvalue weighted by Crippen LogP contribution is -2.48. The van der Waals surface area contributed by atoms with E-state index in [-0.39, 0.29) is 23.3 Å². The molecule has 0 bridgehead atoms. The SMILES string of the molecule is CC(C)(C)c1oc(C(N)=O)cc1CN1C[C@H](O)[C@@H](N2CCOCC2)C1. The molecule has 7 heteroatoms. The Morgan fingerprint density at radius 1 is 1.32 bits per heavy atom. The molecule has 3 rings (SSSR count). The first-order chi connectivity index (χ1) is 11.8. The van der Waals surface area contributed by atoms with Gasteiger partial charge in [0.15, 0.2) is 5.76 Å². The highest BCUT2D eigenvalue weighted by Crippen LogP contribution is 2.31. The predicted octanol–water partition coefficient (Wildman–Crippen LogP) is 0.553. The molecule has 0 spiro atoms. The van der Waals surface area contributed by atoms with Crippen molar-refractivity contribution in [3.63, 3.8) is 0 Å². The van der Waals surface area contributed by atoms with Crippen molar-refractivity contribution in [1.29, 1.82) is 0 Å². The predicted molar refractivity (Wildman–Crippen MR) is 93.4 cm³/mol. The van der Waals surface area contributed by atoms with Gasteiger partial charge in [0.25, 0.3) is 5.91 Å². The zero-order valence-electron chi connectivity index (χ0n) is 15.3. The number of aliphatic hydroxyl groups excluding tert-OH is 1. The Morgan fingerprint density at radius 2 is 2.00 bits per heavy atom. The van der Waals surface area contributed by atoms with Crippen molar-refractivity contribution in [2.24, 2.45) is 5.73 Å². The summed E-state index contributed by atoms with van der Waals surface area (Å²) in [4.78, 5) is 16.0. The molecule has 1 aromatic rings. The number of likely N-dealkylation sites (tertiary alicyclic amines) is 1. The first kappa shape index (κ1) is 18.4. The van der Waals surface area contributed by atoms with E-state index in [4.69, 9.17) is 14.9 Å². The van der Waals surface area contributed by atoms with Gasteiger partial charge in [-0.2, -0.15) is 0 Å². The Morgan fingerprint density at radius 3 is 2.60 bits per heavy atom. The van der Waals surface area contributed by atoms with Crippen LogP contribution in [-0.2, 0) is 16.7 Å². The highest BCUT2D eigenvalue weighted by atomic mass is 16.5. The topological polar surface area (TPSA) is 92.2 Å². The highest BCUT2D eigenvalue weighted by molar-refractivity contribution is 5.90. The second-order valence-electron chi connectivity index (χ2n) is 8.06. The summed E-state index contributed by atoms with van der Waals surface area (Å²) in [5.41, 5.74) is 6.14. The molecule has 1 aromatic heterocycles. The fraction of sp³-hybridized carbons (Fsp3) is 0.722. The average molecular weight is 351 g/mol. The van der Waals surface area contributed by atoms with Gasteiger partial charge in [0.05, 0.1) is 19.3 Å². The number of amides is 1. The summed E-state index contributed by atoms with van der Waals surface area (Å²) in [6.45, 7) is 11.4. The summed E-state index contributed by atoms with van der Waals surface area (Å²) >= 11 is 0. The van der Waals surface area contributed by atoms with Crippen molar-refractivity contribution in [3.8, 4) is 0 Å². The number of hydrogen-bond acceptors (Lipinski definition) is 6. The van der Waals surface area contributed by atoms with Crippen molar-refractivity contribution in [3.05, 3.63) is 23.2 Å². The lowest BCUT2D eigenvalue weighted by atomic mass is 9.90. The quantitative estimate of drug-likeness (QED) is 0.823. The lowest BCUT2D eigenvalue weighted by Gasteiger charge is -2.33. The van der Waals surface area contributed by atoms with E-state index in [1.807, 2.05) is 0 Å². The van der Waals surface area contributed by atoms with Crippen LogP contribution in [0.25, 0.3) is 0 Å². The Labute approximate surface area is 148 Å². The molecule has 25 heavy (non-hydrogen) atoms. The van der Waals surface area contributed by atoms with Gasteiger partial charge in [-0.05, 0) is 6.07 Å². The molecule has 0 aliphatic carbocycles. The van der Waals surface area contributed by atoms with Crippen LogP contribution >= 0.6 is 0 Å².